The Kier molecular flexibility index (Phi) is 9.11. The number of likely N-dealkylation sites (tertiary alicyclic amines) is 1. The zero-order valence-corrected chi connectivity index (χ0v) is 24.7. The Hall–Kier alpha value is -3.84. The fraction of sp³-hybridized carbons (Fsp3) is 0.379. The van der Waals surface area contributed by atoms with Crippen molar-refractivity contribution in [3.63, 3.8) is 0 Å². The summed E-state index contributed by atoms with van der Waals surface area (Å²) >= 11 is 13.2. The van der Waals surface area contributed by atoms with E-state index in [1.165, 1.54) is 7.05 Å². The number of piperidine rings is 1. The number of fused-ring (bicyclic) bond motifs is 2. The third kappa shape index (κ3) is 6.57. The maximum absolute atomic E-state index is 13.3. The Morgan fingerprint density at radius 2 is 1.84 bits per heavy atom. The molecule has 43 heavy (non-hydrogen) atoms. The summed E-state index contributed by atoms with van der Waals surface area (Å²) in [6, 6.07) is 9.22. The minimum absolute atomic E-state index is 0.0171. The van der Waals surface area contributed by atoms with Gasteiger partial charge in [-0.1, -0.05) is 41.4 Å². The molecule has 3 heterocycles. The van der Waals surface area contributed by atoms with Crippen molar-refractivity contribution >= 4 is 57.9 Å². The molecule has 1 saturated heterocycles. The van der Waals surface area contributed by atoms with Crippen LogP contribution >= 0.6 is 23.2 Å². The van der Waals surface area contributed by atoms with Crippen LogP contribution in [0.3, 0.4) is 0 Å². The first-order valence-electron chi connectivity index (χ1n) is 13.7. The lowest BCUT2D eigenvalue weighted by molar-refractivity contribution is -0.139. The molecule has 2 aliphatic rings. The third-order valence-corrected chi connectivity index (χ3v) is 8.26. The van der Waals surface area contributed by atoms with E-state index in [1.54, 1.807) is 28.0 Å². The number of aliphatic hydroxyl groups excluding tert-OH is 2. The van der Waals surface area contributed by atoms with Crippen LogP contribution < -0.4 is 10.6 Å². The van der Waals surface area contributed by atoms with Crippen LogP contribution in [0.4, 0.5) is 0 Å². The number of carboxylic acid groups (broad SMARTS) is 1. The second kappa shape index (κ2) is 12.8. The first-order chi connectivity index (χ1) is 20.5. The highest BCUT2D eigenvalue weighted by atomic mass is 35.5. The van der Waals surface area contributed by atoms with Crippen molar-refractivity contribution in [3.8, 4) is 0 Å². The number of nitrogens with one attached hydrogen (secondary N) is 2. The number of hydrogen-bond donors (Lipinski definition) is 5. The van der Waals surface area contributed by atoms with Gasteiger partial charge in [-0.15, -0.1) is 0 Å². The molecule has 0 spiro atoms. The number of aliphatic carboxylic acids is 1. The van der Waals surface area contributed by atoms with Gasteiger partial charge in [-0.2, -0.15) is 0 Å². The van der Waals surface area contributed by atoms with E-state index in [0.717, 1.165) is 5.39 Å². The SMILES string of the molecule is CN=C(NC[C@H](NC(=O)c1c(Cl)cc2c(c1Cl)CCN(C(=O)c1cc3ccccc3o1)C2)C(=O)O)N1C[C@H](O)C[C@H](O)C1. The highest BCUT2D eigenvalue weighted by molar-refractivity contribution is 6.40. The number of carbonyl (C=O) groups is 3. The van der Waals surface area contributed by atoms with E-state index in [2.05, 4.69) is 15.6 Å². The maximum Gasteiger partial charge on any atom is 0.328 e. The summed E-state index contributed by atoms with van der Waals surface area (Å²) in [6.45, 7) is 0.708. The van der Waals surface area contributed by atoms with Gasteiger partial charge in [0.25, 0.3) is 11.8 Å². The quantitative estimate of drug-likeness (QED) is 0.202. The van der Waals surface area contributed by atoms with Crippen LogP contribution in [-0.4, -0.2) is 100 Å². The van der Waals surface area contributed by atoms with Crippen LogP contribution in [0.25, 0.3) is 11.0 Å². The van der Waals surface area contributed by atoms with Gasteiger partial charge in [-0.25, -0.2) is 4.79 Å². The number of aliphatic hydroxyl groups is 2. The number of halogens is 2. The highest BCUT2D eigenvalue weighted by Gasteiger charge is 2.31. The molecule has 14 heteroatoms. The van der Waals surface area contributed by atoms with Gasteiger partial charge in [-0.05, 0) is 35.7 Å². The van der Waals surface area contributed by atoms with Gasteiger partial charge in [0.2, 0.25) is 0 Å². The van der Waals surface area contributed by atoms with Gasteiger partial charge < -0.3 is 40.2 Å². The second-order valence-electron chi connectivity index (χ2n) is 10.6. The summed E-state index contributed by atoms with van der Waals surface area (Å²) in [7, 11) is 1.49. The minimum Gasteiger partial charge on any atom is -0.480 e. The molecule has 1 aromatic heterocycles. The van der Waals surface area contributed by atoms with Crippen LogP contribution in [-0.2, 0) is 17.8 Å². The van der Waals surface area contributed by atoms with E-state index in [9.17, 15) is 29.7 Å². The average Bonchev–Trinajstić information content (AvgIpc) is 3.40. The molecule has 0 saturated carbocycles. The summed E-state index contributed by atoms with van der Waals surface area (Å²) in [6.07, 6.45) is -0.938. The molecule has 228 valence electrons. The Morgan fingerprint density at radius 3 is 2.51 bits per heavy atom. The number of furan rings is 1. The first kappa shape index (κ1) is 30.6. The van der Waals surface area contributed by atoms with Gasteiger partial charge in [0.1, 0.15) is 11.6 Å². The second-order valence-corrected chi connectivity index (χ2v) is 11.3. The van der Waals surface area contributed by atoms with Gasteiger partial charge >= 0.3 is 5.97 Å². The van der Waals surface area contributed by atoms with Crippen molar-refractivity contribution in [1.82, 2.24) is 20.4 Å². The van der Waals surface area contributed by atoms with Crippen LogP contribution in [0, 0.1) is 0 Å². The smallest absolute Gasteiger partial charge is 0.328 e. The number of rotatable bonds is 6. The van der Waals surface area contributed by atoms with Crippen LogP contribution in [0.15, 0.2) is 45.8 Å². The molecule has 0 aliphatic carbocycles. The zero-order valence-electron chi connectivity index (χ0n) is 23.2. The zero-order chi connectivity index (χ0) is 30.8. The third-order valence-electron chi connectivity index (χ3n) is 7.54. The Labute approximate surface area is 256 Å². The Morgan fingerprint density at radius 1 is 1.12 bits per heavy atom. The molecule has 2 aliphatic heterocycles. The first-order valence-corrected chi connectivity index (χ1v) is 14.4. The molecule has 3 atom stereocenters. The molecule has 2 amide bonds. The number of nitrogens with zero attached hydrogens (tertiary/aromatic N) is 3. The number of aliphatic imine (C=N–C) groups is 1. The van der Waals surface area contributed by atoms with Gasteiger partial charge in [0.05, 0.1) is 27.8 Å². The van der Waals surface area contributed by atoms with Crippen molar-refractivity contribution in [2.45, 2.75) is 37.6 Å². The van der Waals surface area contributed by atoms with Crippen molar-refractivity contribution in [3.05, 3.63) is 68.9 Å². The lowest BCUT2D eigenvalue weighted by Gasteiger charge is -2.35. The molecule has 0 radical (unpaired) electrons. The van der Waals surface area contributed by atoms with Crippen LogP contribution in [0.5, 0.6) is 0 Å². The lowest BCUT2D eigenvalue weighted by Crippen LogP contribution is -2.55. The highest BCUT2D eigenvalue weighted by Crippen LogP contribution is 2.35. The van der Waals surface area contributed by atoms with Crippen molar-refractivity contribution in [1.29, 1.82) is 0 Å². The number of β-amino-alcohol motifs (C(OH)–C–C–N with tert-alkyl or cyclic N) is 2. The van der Waals surface area contributed by atoms with Crippen molar-refractivity contribution < 1.29 is 34.1 Å². The minimum atomic E-state index is -1.39. The van der Waals surface area contributed by atoms with Crippen LogP contribution in [0.2, 0.25) is 10.0 Å². The lowest BCUT2D eigenvalue weighted by atomic mass is 9.96. The number of carbonyl (C=O) groups excluding carboxylic acids is 2. The van der Waals surface area contributed by atoms with Crippen molar-refractivity contribution in [2.24, 2.45) is 4.99 Å². The van der Waals surface area contributed by atoms with E-state index in [1.807, 2.05) is 18.2 Å². The summed E-state index contributed by atoms with van der Waals surface area (Å²) in [4.78, 5) is 45.8. The molecule has 12 nitrogen and oxygen atoms in total. The molecule has 0 unspecified atom stereocenters. The number of carboxylic acids is 1. The summed E-state index contributed by atoms with van der Waals surface area (Å²) < 4.78 is 5.73. The van der Waals surface area contributed by atoms with E-state index >= 15 is 0 Å². The summed E-state index contributed by atoms with van der Waals surface area (Å²) in [5.74, 6) is -1.87. The largest absolute Gasteiger partial charge is 0.480 e. The average molecular weight is 633 g/mol. The van der Waals surface area contributed by atoms with Gasteiger partial charge in [0, 0.05) is 51.6 Å². The molecule has 5 N–H and O–H groups in total. The number of guanidine groups is 1. The fourth-order valence-electron chi connectivity index (χ4n) is 5.45. The molecule has 3 aromatic rings. The normalized spacial score (nSPS) is 19.6. The molecular formula is C29H31Cl2N5O7. The molecular weight excluding hydrogens is 601 g/mol. The van der Waals surface area contributed by atoms with Gasteiger partial charge in [-0.3, -0.25) is 14.6 Å². The predicted octanol–water partition coefficient (Wildman–Crippen LogP) is 2.12. The summed E-state index contributed by atoms with van der Waals surface area (Å²) in [5, 5.41) is 36.0. The molecule has 5 rings (SSSR count). The Bertz CT molecular complexity index is 1550. The monoisotopic (exact) mass is 631 g/mol. The molecule has 2 aromatic carbocycles. The number of amides is 2. The van der Waals surface area contributed by atoms with E-state index < -0.39 is 30.1 Å². The van der Waals surface area contributed by atoms with Crippen LogP contribution in [0.1, 0.15) is 38.5 Å². The number of para-hydroxylation sites is 1. The van der Waals surface area contributed by atoms with Gasteiger partial charge in [0.15, 0.2) is 11.7 Å². The number of hydrogen-bond acceptors (Lipinski definition) is 7. The Balaban J connectivity index is 1.27. The molecule has 0 bridgehead atoms. The fourth-order valence-corrected chi connectivity index (χ4v) is 6.22. The van der Waals surface area contributed by atoms with E-state index in [4.69, 9.17) is 27.6 Å². The predicted molar refractivity (Wildman–Crippen MR) is 160 cm³/mol. The standard InChI is InChI=1S/C29H31Cl2N5O7/c1-32-29(36-13-17(37)10-18(38)14-36)33-11-21(28(41)42)34-26(39)24-20(30)8-16-12-35(7-6-19(16)25(24)31)27(40)23-9-15-4-2-3-5-22(15)43-23/h2-5,8-9,17-18,21,37-38H,6-7,10-14H2,1H3,(H,32,33)(H,34,39)(H,41,42)/t17-,18+,21-/m0/s1. The van der Waals surface area contributed by atoms with E-state index in [0.29, 0.717) is 29.7 Å². The van der Waals surface area contributed by atoms with E-state index in [-0.39, 0.29) is 65.8 Å². The summed E-state index contributed by atoms with van der Waals surface area (Å²) in [5.41, 5.74) is 1.88. The topological polar surface area (TPSA) is 168 Å². The number of benzene rings is 2. The maximum atomic E-state index is 13.3. The molecule has 1 fully saturated rings. The van der Waals surface area contributed by atoms with Crippen molar-refractivity contribution in [2.75, 3.05) is 33.2 Å².